The van der Waals surface area contributed by atoms with Gasteiger partial charge < -0.3 is 5.32 Å². The summed E-state index contributed by atoms with van der Waals surface area (Å²) in [5.74, 6) is -0.284. The van der Waals surface area contributed by atoms with Gasteiger partial charge in [0.05, 0.1) is 5.69 Å². The van der Waals surface area contributed by atoms with Crippen molar-refractivity contribution in [3.8, 4) is 5.69 Å². The molecular formula is C11H13N7OS. The predicted octanol–water partition coefficient (Wildman–Crippen LogP) is -0.209. The first kappa shape index (κ1) is 13.9. The molecule has 0 aliphatic heterocycles. The third-order valence-corrected chi connectivity index (χ3v) is 2.62. The highest BCUT2D eigenvalue weighted by Gasteiger charge is 2.06. The fourth-order valence-corrected chi connectivity index (χ4v) is 1.63. The summed E-state index contributed by atoms with van der Waals surface area (Å²) in [6.07, 6.45) is 1.48. The minimum absolute atomic E-state index is 0.284. The quantitative estimate of drug-likeness (QED) is 0.532. The largest absolute Gasteiger partial charge is 0.362 e. The molecule has 3 N–H and O–H groups in total. The molecule has 0 saturated heterocycles. The van der Waals surface area contributed by atoms with E-state index in [0.717, 1.165) is 5.69 Å². The summed E-state index contributed by atoms with van der Waals surface area (Å²) in [5, 5.41) is 14.1. The van der Waals surface area contributed by atoms with Crippen LogP contribution in [0.3, 0.4) is 0 Å². The van der Waals surface area contributed by atoms with Crippen molar-refractivity contribution in [2.24, 2.45) is 0 Å². The topological polar surface area (TPSA) is 96.8 Å². The highest BCUT2D eigenvalue weighted by molar-refractivity contribution is 7.80. The van der Waals surface area contributed by atoms with Crippen molar-refractivity contribution in [2.75, 3.05) is 6.54 Å². The molecule has 0 aliphatic carbocycles. The molecule has 2 aromatic rings. The summed E-state index contributed by atoms with van der Waals surface area (Å²) < 4.78 is 1.50. The number of thiocarbonyl (C=S) groups is 1. The van der Waals surface area contributed by atoms with Crippen LogP contribution in [0.1, 0.15) is 17.3 Å². The Bertz CT molecular complexity index is 581. The Morgan fingerprint density at radius 3 is 2.65 bits per heavy atom. The van der Waals surface area contributed by atoms with Crippen molar-refractivity contribution in [2.45, 2.75) is 6.92 Å². The van der Waals surface area contributed by atoms with Gasteiger partial charge in [0.15, 0.2) is 5.11 Å². The van der Waals surface area contributed by atoms with Gasteiger partial charge in [-0.15, -0.1) is 5.10 Å². The van der Waals surface area contributed by atoms with E-state index >= 15 is 0 Å². The minimum atomic E-state index is -0.284. The number of nitrogens with zero attached hydrogens (tertiary/aromatic N) is 4. The average Bonchev–Trinajstić information content (AvgIpc) is 2.99. The normalized spacial score (nSPS) is 9.85. The number of tetrazole rings is 1. The molecule has 0 aliphatic rings. The summed E-state index contributed by atoms with van der Waals surface area (Å²) in [6.45, 7) is 2.59. The third-order valence-electron chi connectivity index (χ3n) is 2.37. The Hall–Kier alpha value is -2.55. The van der Waals surface area contributed by atoms with E-state index in [1.165, 1.54) is 11.0 Å². The molecule has 2 rings (SSSR count). The zero-order valence-electron chi connectivity index (χ0n) is 10.7. The van der Waals surface area contributed by atoms with Crippen LogP contribution in [-0.2, 0) is 0 Å². The van der Waals surface area contributed by atoms with E-state index in [2.05, 4.69) is 31.7 Å². The van der Waals surface area contributed by atoms with Gasteiger partial charge in [-0.05, 0) is 53.8 Å². The van der Waals surface area contributed by atoms with Crippen molar-refractivity contribution in [1.29, 1.82) is 0 Å². The maximum atomic E-state index is 11.8. The van der Waals surface area contributed by atoms with Gasteiger partial charge >= 0.3 is 0 Å². The molecule has 1 aromatic heterocycles. The lowest BCUT2D eigenvalue weighted by molar-refractivity contribution is 0.0943. The molecule has 0 radical (unpaired) electrons. The van der Waals surface area contributed by atoms with E-state index in [9.17, 15) is 4.79 Å². The van der Waals surface area contributed by atoms with Crippen LogP contribution in [0.4, 0.5) is 0 Å². The van der Waals surface area contributed by atoms with E-state index in [0.29, 0.717) is 17.2 Å². The maximum Gasteiger partial charge on any atom is 0.269 e. The predicted molar refractivity (Wildman–Crippen MR) is 76.0 cm³/mol. The van der Waals surface area contributed by atoms with Crippen molar-refractivity contribution in [1.82, 2.24) is 36.4 Å². The fourth-order valence-electron chi connectivity index (χ4n) is 1.44. The molecule has 9 heteroatoms. The molecule has 0 unspecified atom stereocenters. The van der Waals surface area contributed by atoms with Gasteiger partial charge in [-0.2, -0.15) is 0 Å². The summed E-state index contributed by atoms with van der Waals surface area (Å²) in [7, 11) is 0. The first-order chi connectivity index (χ1) is 9.70. The first-order valence-electron chi connectivity index (χ1n) is 5.88. The number of rotatable bonds is 3. The van der Waals surface area contributed by atoms with Gasteiger partial charge in [0.2, 0.25) is 0 Å². The fraction of sp³-hybridized carbons (Fsp3) is 0.182. The Balaban J connectivity index is 1.96. The lowest BCUT2D eigenvalue weighted by Crippen LogP contribution is -2.46. The Kier molecular flexibility index (Phi) is 4.56. The zero-order chi connectivity index (χ0) is 14.4. The molecule has 0 atom stereocenters. The number of carbonyl (C=O) groups is 1. The monoisotopic (exact) mass is 291 g/mol. The standard InChI is InChI=1S/C11H13N7OS/c1-2-12-11(20)15-14-10(19)8-3-5-9(6-4-8)18-7-13-16-17-18/h3-7H,2H2,1H3,(H,14,19)(H2,12,15,20). The number of hydrogen-bond acceptors (Lipinski definition) is 5. The second-order valence-electron chi connectivity index (χ2n) is 3.74. The van der Waals surface area contributed by atoms with Crippen LogP contribution in [0.15, 0.2) is 30.6 Å². The van der Waals surface area contributed by atoms with Crippen LogP contribution in [0.5, 0.6) is 0 Å². The van der Waals surface area contributed by atoms with Gasteiger partial charge in [-0.3, -0.25) is 15.6 Å². The van der Waals surface area contributed by atoms with Gasteiger partial charge in [0.25, 0.3) is 5.91 Å². The van der Waals surface area contributed by atoms with Gasteiger partial charge in [-0.1, -0.05) is 0 Å². The molecule has 20 heavy (non-hydrogen) atoms. The molecule has 1 heterocycles. The van der Waals surface area contributed by atoms with Crippen LogP contribution >= 0.6 is 12.2 Å². The molecule has 1 amide bonds. The number of benzene rings is 1. The van der Waals surface area contributed by atoms with Crippen molar-refractivity contribution in [3.63, 3.8) is 0 Å². The average molecular weight is 291 g/mol. The van der Waals surface area contributed by atoms with E-state index in [1.54, 1.807) is 24.3 Å². The van der Waals surface area contributed by atoms with Crippen molar-refractivity contribution in [3.05, 3.63) is 36.2 Å². The van der Waals surface area contributed by atoms with Crippen LogP contribution in [0.2, 0.25) is 0 Å². The number of hydrogen-bond donors (Lipinski definition) is 3. The lowest BCUT2D eigenvalue weighted by atomic mass is 10.2. The van der Waals surface area contributed by atoms with Crippen LogP contribution in [0.25, 0.3) is 5.69 Å². The van der Waals surface area contributed by atoms with E-state index < -0.39 is 0 Å². The maximum absolute atomic E-state index is 11.8. The smallest absolute Gasteiger partial charge is 0.269 e. The van der Waals surface area contributed by atoms with Gasteiger partial charge in [-0.25, -0.2) is 4.68 Å². The van der Waals surface area contributed by atoms with E-state index in [4.69, 9.17) is 12.2 Å². The van der Waals surface area contributed by atoms with Crippen LogP contribution < -0.4 is 16.2 Å². The van der Waals surface area contributed by atoms with Crippen molar-refractivity contribution < 1.29 is 4.79 Å². The second-order valence-corrected chi connectivity index (χ2v) is 4.15. The Morgan fingerprint density at radius 1 is 1.30 bits per heavy atom. The highest BCUT2D eigenvalue weighted by Crippen LogP contribution is 2.07. The second kappa shape index (κ2) is 6.57. The van der Waals surface area contributed by atoms with Crippen LogP contribution in [0, 0.1) is 0 Å². The molecule has 0 bridgehead atoms. The minimum Gasteiger partial charge on any atom is -0.362 e. The molecule has 104 valence electrons. The molecule has 0 spiro atoms. The summed E-state index contributed by atoms with van der Waals surface area (Å²) >= 11 is 4.93. The van der Waals surface area contributed by atoms with Crippen LogP contribution in [-0.4, -0.2) is 37.8 Å². The number of carbonyl (C=O) groups excluding carboxylic acids is 1. The molecule has 1 aromatic carbocycles. The highest BCUT2D eigenvalue weighted by atomic mass is 32.1. The zero-order valence-corrected chi connectivity index (χ0v) is 11.5. The number of hydrazine groups is 1. The number of aromatic nitrogens is 4. The number of amides is 1. The molecule has 0 saturated carbocycles. The Morgan fingerprint density at radius 2 is 2.05 bits per heavy atom. The number of nitrogens with one attached hydrogen (secondary N) is 3. The first-order valence-corrected chi connectivity index (χ1v) is 6.29. The van der Waals surface area contributed by atoms with Gasteiger partial charge in [0, 0.05) is 12.1 Å². The summed E-state index contributed by atoms with van der Waals surface area (Å²) in [4.78, 5) is 11.8. The molecular weight excluding hydrogens is 278 g/mol. The third kappa shape index (κ3) is 3.48. The van der Waals surface area contributed by atoms with E-state index in [-0.39, 0.29) is 5.91 Å². The van der Waals surface area contributed by atoms with E-state index in [1.807, 2.05) is 6.92 Å². The summed E-state index contributed by atoms with van der Waals surface area (Å²) in [5.41, 5.74) is 6.37. The SMILES string of the molecule is CCNC(=S)NNC(=O)c1ccc(-n2cnnn2)cc1. The molecule has 0 fully saturated rings. The molecule has 8 nitrogen and oxygen atoms in total. The van der Waals surface area contributed by atoms with Crippen molar-refractivity contribution >= 4 is 23.2 Å². The summed E-state index contributed by atoms with van der Waals surface area (Å²) in [6, 6.07) is 6.83. The lowest BCUT2D eigenvalue weighted by Gasteiger charge is -2.10. The Labute approximate surface area is 120 Å². The van der Waals surface area contributed by atoms with Gasteiger partial charge in [0.1, 0.15) is 6.33 Å².